The lowest BCUT2D eigenvalue weighted by molar-refractivity contribution is 0.355. The molecule has 0 aliphatic heterocycles. The maximum atomic E-state index is 13.6. The van der Waals surface area contributed by atoms with Crippen LogP contribution in [0.1, 0.15) is 40.4 Å². The van der Waals surface area contributed by atoms with Crippen LogP contribution in [0.4, 0.5) is 0 Å². The third-order valence-electron chi connectivity index (χ3n) is 5.81. The molecule has 0 unspecified atom stereocenters. The van der Waals surface area contributed by atoms with Crippen LogP contribution in [0.2, 0.25) is 0 Å². The van der Waals surface area contributed by atoms with Crippen molar-refractivity contribution in [2.45, 2.75) is 39.9 Å². The fraction of sp³-hybridized carbons (Fsp3) is 0.308. The number of methoxy groups -OCH3 is 2. The van der Waals surface area contributed by atoms with E-state index >= 15 is 0 Å². The van der Waals surface area contributed by atoms with Gasteiger partial charge in [0.2, 0.25) is 0 Å². The van der Waals surface area contributed by atoms with E-state index in [9.17, 15) is 4.79 Å². The van der Waals surface area contributed by atoms with Crippen molar-refractivity contribution in [1.29, 1.82) is 0 Å². The minimum absolute atomic E-state index is 0.0237. The Labute approximate surface area is 197 Å². The molecule has 0 spiro atoms. The minimum Gasteiger partial charge on any atom is -0.493 e. The summed E-state index contributed by atoms with van der Waals surface area (Å²) >= 11 is 1.63. The molecule has 33 heavy (non-hydrogen) atoms. The standard InChI is InChI=1S/C26H29N3O3S/c1-16-6-8-19(9-7-16)14-29-23-12-25(32-5)24(31-4)11-20(23)10-21(26(29)30)13-27-17(2)22-15-33-18(3)28-22/h6-12,15,17,27H,13-14H2,1-5H3/t17-/m0/s1. The number of aryl methyl sites for hydroxylation is 2. The molecule has 172 valence electrons. The first-order valence-corrected chi connectivity index (χ1v) is 11.8. The fourth-order valence-electron chi connectivity index (χ4n) is 3.87. The van der Waals surface area contributed by atoms with Gasteiger partial charge in [0.05, 0.1) is 37.0 Å². The molecule has 2 aromatic carbocycles. The lowest BCUT2D eigenvalue weighted by Gasteiger charge is -2.17. The highest BCUT2D eigenvalue weighted by Gasteiger charge is 2.16. The number of rotatable bonds is 8. The SMILES string of the molecule is COc1cc2cc(CN[C@@H](C)c3csc(C)n3)c(=O)n(Cc3ccc(C)cc3)c2cc1OC. The Balaban J connectivity index is 1.76. The summed E-state index contributed by atoms with van der Waals surface area (Å²) in [6, 6.07) is 14.0. The van der Waals surface area contributed by atoms with E-state index < -0.39 is 0 Å². The van der Waals surface area contributed by atoms with Crippen LogP contribution >= 0.6 is 11.3 Å². The molecule has 4 aromatic rings. The summed E-state index contributed by atoms with van der Waals surface area (Å²) in [7, 11) is 3.22. The predicted molar refractivity (Wildman–Crippen MR) is 134 cm³/mol. The second kappa shape index (κ2) is 9.77. The van der Waals surface area contributed by atoms with Crippen molar-refractivity contribution in [3.63, 3.8) is 0 Å². The van der Waals surface area contributed by atoms with Crippen LogP contribution < -0.4 is 20.3 Å². The first kappa shape index (κ1) is 23.0. The van der Waals surface area contributed by atoms with Crippen LogP contribution in [0.25, 0.3) is 10.9 Å². The number of nitrogens with zero attached hydrogens (tertiary/aromatic N) is 2. The molecule has 0 aliphatic carbocycles. The summed E-state index contributed by atoms with van der Waals surface area (Å²) in [4.78, 5) is 18.2. The molecule has 0 radical (unpaired) electrons. The van der Waals surface area contributed by atoms with Gasteiger partial charge in [-0.2, -0.15) is 0 Å². The van der Waals surface area contributed by atoms with Crippen LogP contribution in [0.5, 0.6) is 11.5 Å². The van der Waals surface area contributed by atoms with Gasteiger partial charge in [0.25, 0.3) is 5.56 Å². The van der Waals surface area contributed by atoms with E-state index in [0.717, 1.165) is 27.2 Å². The van der Waals surface area contributed by atoms with Crippen molar-refractivity contribution < 1.29 is 9.47 Å². The van der Waals surface area contributed by atoms with Gasteiger partial charge >= 0.3 is 0 Å². The number of ether oxygens (including phenoxy) is 2. The molecule has 1 N–H and O–H groups in total. The highest BCUT2D eigenvalue weighted by Crippen LogP contribution is 2.32. The Hall–Kier alpha value is -3.16. The number of nitrogens with one attached hydrogen (secondary N) is 1. The topological polar surface area (TPSA) is 65.4 Å². The van der Waals surface area contributed by atoms with Gasteiger partial charge in [0.15, 0.2) is 11.5 Å². The normalized spacial score (nSPS) is 12.2. The predicted octanol–water partition coefficient (Wildman–Crippen LogP) is 4.99. The summed E-state index contributed by atoms with van der Waals surface area (Å²) in [5, 5.41) is 7.47. The molecule has 0 saturated heterocycles. The van der Waals surface area contributed by atoms with Crippen LogP contribution in [0.3, 0.4) is 0 Å². The number of pyridine rings is 1. The molecule has 2 heterocycles. The highest BCUT2D eigenvalue weighted by molar-refractivity contribution is 7.09. The fourth-order valence-corrected chi connectivity index (χ4v) is 4.58. The molecule has 1 atom stereocenters. The van der Waals surface area contributed by atoms with Crippen molar-refractivity contribution in [3.05, 3.63) is 85.6 Å². The summed E-state index contributed by atoms with van der Waals surface area (Å²) in [6.07, 6.45) is 0. The van der Waals surface area contributed by atoms with Gasteiger partial charge in [-0.05, 0) is 38.5 Å². The third-order valence-corrected chi connectivity index (χ3v) is 6.61. The molecule has 2 aromatic heterocycles. The van der Waals surface area contributed by atoms with E-state index in [1.54, 1.807) is 25.6 Å². The van der Waals surface area contributed by atoms with Gasteiger partial charge in [0, 0.05) is 35.0 Å². The number of benzene rings is 2. The number of aromatic nitrogens is 2. The van der Waals surface area contributed by atoms with E-state index in [1.165, 1.54) is 5.56 Å². The smallest absolute Gasteiger partial charge is 0.255 e. The zero-order valence-electron chi connectivity index (χ0n) is 19.6. The Morgan fingerprint density at radius 1 is 1.06 bits per heavy atom. The van der Waals surface area contributed by atoms with E-state index in [-0.39, 0.29) is 11.6 Å². The maximum Gasteiger partial charge on any atom is 0.255 e. The monoisotopic (exact) mass is 463 g/mol. The van der Waals surface area contributed by atoms with Crippen molar-refractivity contribution >= 4 is 22.2 Å². The molecule has 0 bridgehead atoms. The Bertz CT molecular complexity index is 1330. The van der Waals surface area contributed by atoms with Gasteiger partial charge in [0.1, 0.15) is 0 Å². The lowest BCUT2D eigenvalue weighted by atomic mass is 10.1. The van der Waals surface area contributed by atoms with Gasteiger partial charge in [-0.1, -0.05) is 29.8 Å². The van der Waals surface area contributed by atoms with Gasteiger partial charge < -0.3 is 19.4 Å². The second-order valence-corrected chi connectivity index (χ2v) is 9.27. The molecular weight excluding hydrogens is 434 g/mol. The Morgan fingerprint density at radius 2 is 1.76 bits per heavy atom. The molecule has 7 heteroatoms. The Morgan fingerprint density at radius 3 is 2.39 bits per heavy atom. The maximum absolute atomic E-state index is 13.6. The summed E-state index contributed by atoms with van der Waals surface area (Å²) in [5.41, 5.74) is 4.72. The summed E-state index contributed by atoms with van der Waals surface area (Å²) in [5.74, 6) is 1.23. The zero-order chi connectivity index (χ0) is 23.5. The second-order valence-electron chi connectivity index (χ2n) is 8.21. The van der Waals surface area contributed by atoms with Crippen LogP contribution in [0.15, 0.2) is 52.6 Å². The molecule has 0 saturated carbocycles. The first-order valence-electron chi connectivity index (χ1n) is 10.9. The summed E-state index contributed by atoms with van der Waals surface area (Å²) < 4.78 is 12.8. The zero-order valence-corrected chi connectivity index (χ0v) is 20.5. The van der Waals surface area contributed by atoms with E-state index in [4.69, 9.17) is 9.47 Å². The molecule has 4 rings (SSSR count). The highest BCUT2D eigenvalue weighted by atomic mass is 32.1. The van der Waals surface area contributed by atoms with Crippen molar-refractivity contribution in [2.75, 3.05) is 14.2 Å². The summed E-state index contributed by atoms with van der Waals surface area (Å²) in [6.45, 7) is 7.03. The van der Waals surface area contributed by atoms with Crippen molar-refractivity contribution in [2.24, 2.45) is 0 Å². The van der Waals surface area contributed by atoms with Crippen molar-refractivity contribution in [3.8, 4) is 11.5 Å². The van der Waals surface area contributed by atoms with E-state index in [1.807, 2.05) is 29.7 Å². The van der Waals surface area contributed by atoms with Crippen LogP contribution in [-0.2, 0) is 13.1 Å². The average Bonchev–Trinajstić information content (AvgIpc) is 3.26. The minimum atomic E-state index is -0.0237. The van der Waals surface area contributed by atoms with Gasteiger partial charge in [-0.15, -0.1) is 11.3 Å². The number of hydrogen-bond acceptors (Lipinski definition) is 6. The number of hydrogen-bond donors (Lipinski definition) is 1. The largest absolute Gasteiger partial charge is 0.493 e. The Kier molecular flexibility index (Phi) is 6.81. The molecular formula is C26H29N3O3S. The van der Waals surface area contributed by atoms with E-state index in [2.05, 4.69) is 53.8 Å². The number of fused-ring (bicyclic) bond motifs is 1. The van der Waals surface area contributed by atoms with Gasteiger partial charge in [-0.25, -0.2) is 4.98 Å². The molecule has 0 aliphatic rings. The third kappa shape index (κ3) is 4.94. The molecule has 6 nitrogen and oxygen atoms in total. The average molecular weight is 464 g/mol. The lowest BCUT2D eigenvalue weighted by Crippen LogP contribution is -2.29. The molecule has 0 fully saturated rings. The quantitative estimate of drug-likeness (QED) is 0.399. The van der Waals surface area contributed by atoms with Crippen molar-refractivity contribution in [1.82, 2.24) is 14.9 Å². The van der Waals surface area contributed by atoms with Gasteiger partial charge in [-0.3, -0.25) is 4.79 Å². The van der Waals surface area contributed by atoms with Crippen LogP contribution in [-0.4, -0.2) is 23.8 Å². The van der Waals surface area contributed by atoms with E-state index in [0.29, 0.717) is 30.2 Å². The molecule has 0 amide bonds. The first-order chi connectivity index (χ1) is 15.9. The van der Waals surface area contributed by atoms with Crippen LogP contribution in [0, 0.1) is 13.8 Å². The number of thiazole rings is 1.